The molecule has 4 aliphatic carbocycles. The Morgan fingerprint density at radius 2 is 1.62 bits per heavy atom. The first kappa shape index (κ1) is 17.3. The zero-order chi connectivity index (χ0) is 19.4. The highest BCUT2D eigenvalue weighted by Crippen LogP contribution is 2.60. The third-order valence-electron chi connectivity index (χ3n) is 7.62. The predicted octanol–water partition coefficient (Wildman–Crippen LogP) is 5.08. The molecule has 4 aliphatic rings. The number of para-hydroxylation sites is 1. The number of rotatable bonds is 4. The Kier molecular flexibility index (Phi) is 3.84. The smallest absolute Gasteiger partial charge is 0.233 e. The van der Waals surface area contributed by atoms with Gasteiger partial charge in [-0.25, -0.2) is 4.98 Å². The highest BCUT2D eigenvalue weighted by molar-refractivity contribution is 5.97. The Morgan fingerprint density at radius 3 is 2.31 bits per heavy atom. The number of amides is 1. The van der Waals surface area contributed by atoms with Crippen LogP contribution in [0.1, 0.15) is 44.2 Å². The molecule has 148 valence electrons. The van der Waals surface area contributed by atoms with Crippen molar-refractivity contribution < 1.29 is 4.79 Å². The largest absolute Gasteiger partial charge is 0.306 e. The van der Waals surface area contributed by atoms with Crippen LogP contribution in [0.15, 0.2) is 60.9 Å². The fourth-order valence-corrected chi connectivity index (χ4v) is 6.81. The highest BCUT2D eigenvalue weighted by atomic mass is 16.2. The molecule has 4 fully saturated rings. The molecule has 0 aliphatic heterocycles. The van der Waals surface area contributed by atoms with E-state index in [9.17, 15) is 4.79 Å². The molecule has 7 rings (SSSR count). The first-order valence-electron chi connectivity index (χ1n) is 11.0. The van der Waals surface area contributed by atoms with Crippen LogP contribution in [-0.4, -0.2) is 15.3 Å². The van der Waals surface area contributed by atoms with Crippen molar-refractivity contribution in [3.63, 3.8) is 0 Å². The molecule has 0 saturated heterocycles. The molecule has 0 radical (unpaired) electrons. The fraction of sp³-hybridized carbons (Fsp3) is 0.440. The van der Waals surface area contributed by atoms with E-state index in [4.69, 9.17) is 0 Å². The van der Waals surface area contributed by atoms with Crippen molar-refractivity contribution in [2.75, 3.05) is 4.90 Å². The van der Waals surface area contributed by atoms with E-state index in [0.29, 0.717) is 12.5 Å². The summed E-state index contributed by atoms with van der Waals surface area (Å²) in [5.74, 6) is 2.63. The molecule has 3 aromatic rings. The zero-order valence-corrected chi connectivity index (χ0v) is 16.7. The lowest BCUT2D eigenvalue weighted by atomic mass is 9.49. The van der Waals surface area contributed by atoms with E-state index in [1.165, 1.54) is 19.3 Å². The van der Waals surface area contributed by atoms with Crippen LogP contribution >= 0.6 is 0 Å². The van der Waals surface area contributed by atoms with Crippen LogP contribution in [0.4, 0.5) is 5.69 Å². The van der Waals surface area contributed by atoms with Gasteiger partial charge >= 0.3 is 0 Å². The summed E-state index contributed by atoms with van der Waals surface area (Å²) in [4.78, 5) is 20.7. The lowest BCUT2D eigenvalue weighted by Gasteiger charge is -2.56. The number of pyridine rings is 1. The van der Waals surface area contributed by atoms with Crippen LogP contribution < -0.4 is 4.90 Å². The molecule has 4 heteroatoms. The third kappa shape index (κ3) is 2.80. The number of fused-ring (bicyclic) bond motifs is 1. The number of imidazole rings is 1. The normalized spacial score (nSPS) is 30.0. The molecule has 2 heterocycles. The van der Waals surface area contributed by atoms with Crippen molar-refractivity contribution in [3.05, 3.63) is 66.6 Å². The van der Waals surface area contributed by atoms with Gasteiger partial charge in [0.1, 0.15) is 5.65 Å². The maximum Gasteiger partial charge on any atom is 0.233 e. The summed E-state index contributed by atoms with van der Waals surface area (Å²) in [6, 6.07) is 16.3. The first-order valence-corrected chi connectivity index (χ1v) is 11.0. The average molecular weight is 386 g/mol. The molecule has 1 amide bonds. The predicted molar refractivity (Wildman–Crippen MR) is 113 cm³/mol. The highest BCUT2D eigenvalue weighted by Gasteiger charge is 2.55. The molecule has 0 unspecified atom stereocenters. The summed E-state index contributed by atoms with van der Waals surface area (Å²) in [6.07, 6.45) is 11.3. The molecule has 29 heavy (non-hydrogen) atoms. The van der Waals surface area contributed by atoms with E-state index in [2.05, 4.69) is 21.5 Å². The van der Waals surface area contributed by atoms with Crippen LogP contribution in [0.5, 0.6) is 0 Å². The van der Waals surface area contributed by atoms with Crippen molar-refractivity contribution in [3.8, 4) is 0 Å². The van der Waals surface area contributed by atoms with Gasteiger partial charge in [-0.2, -0.15) is 0 Å². The van der Waals surface area contributed by atoms with Crippen LogP contribution in [0.2, 0.25) is 0 Å². The topological polar surface area (TPSA) is 37.6 Å². The number of nitrogens with zero attached hydrogens (tertiary/aromatic N) is 3. The van der Waals surface area contributed by atoms with Gasteiger partial charge in [-0.05, 0) is 80.5 Å². The molecule has 1 aromatic carbocycles. The molecule has 0 spiro atoms. The van der Waals surface area contributed by atoms with Gasteiger partial charge < -0.3 is 9.30 Å². The summed E-state index contributed by atoms with van der Waals surface area (Å²) in [7, 11) is 0. The molecule has 4 bridgehead atoms. The standard InChI is InChI=1S/C25H27N3O/c29-24(25-13-18-10-19(14-25)12-20(11-18)15-25)28(21-6-2-1-3-7-21)17-22-16-26-23-8-4-5-9-27(22)23/h1-9,16,18-20H,10-15,17H2. The van der Waals surface area contributed by atoms with Gasteiger partial charge in [0.15, 0.2) is 0 Å². The zero-order valence-electron chi connectivity index (χ0n) is 16.7. The van der Waals surface area contributed by atoms with Gasteiger partial charge in [0.05, 0.1) is 23.9 Å². The number of carbonyl (C=O) groups excluding carboxylic acids is 1. The lowest BCUT2D eigenvalue weighted by molar-refractivity contribution is -0.143. The van der Waals surface area contributed by atoms with E-state index < -0.39 is 0 Å². The van der Waals surface area contributed by atoms with Gasteiger partial charge in [0.25, 0.3) is 0 Å². The number of hydrogen-bond donors (Lipinski definition) is 0. The Labute approximate surface area is 171 Å². The van der Waals surface area contributed by atoms with Crippen molar-refractivity contribution in [2.24, 2.45) is 23.2 Å². The molecule has 0 atom stereocenters. The summed E-state index contributed by atoms with van der Waals surface area (Å²) in [5, 5.41) is 0. The summed E-state index contributed by atoms with van der Waals surface area (Å²) < 4.78 is 2.10. The molecule has 0 N–H and O–H groups in total. The lowest BCUT2D eigenvalue weighted by Crippen LogP contribution is -2.54. The van der Waals surface area contributed by atoms with Gasteiger partial charge in [-0.1, -0.05) is 24.3 Å². The van der Waals surface area contributed by atoms with E-state index in [0.717, 1.165) is 54.0 Å². The minimum atomic E-state index is -0.148. The second-order valence-electron chi connectivity index (χ2n) is 9.60. The quantitative estimate of drug-likeness (QED) is 0.628. The van der Waals surface area contributed by atoms with E-state index in [1.807, 2.05) is 53.7 Å². The fourth-order valence-electron chi connectivity index (χ4n) is 6.81. The summed E-state index contributed by atoms with van der Waals surface area (Å²) in [6.45, 7) is 0.565. The van der Waals surface area contributed by atoms with Crippen molar-refractivity contribution in [1.82, 2.24) is 9.38 Å². The number of benzene rings is 1. The van der Waals surface area contributed by atoms with Gasteiger partial charge in [-0.3, -0.25) is 4.79 Å². The van der Waals surface area contributed by atoms with Gasteiger partial charge in [0, 0.05) is 11.9 Å². The van der Waals surface area contributed by atoms with Crippen LogP contribution in [0.3, 0.4) is 0 Å². The Morgan fingerprint density at radius 1 is 0.966 bits per heavy atom. The molecule has 4 saturated carbocycles. The summed E-state index contributed by atoms with van der Waals surface area (Å²) >= 11 is 0. The average Bonchev–Trinajstić information content (AvgIpc) is 3.14. The maximum absolute atomic E-state index is 14.2. The molecular weight excluding hydrogens is 358 g/mol. The first-order chi connectivity index (χ1) is 14.2. The SMILES string of the molecule is O=C(N(Cc1cnc2ccccn12)c1ccccc1)C12CC3CC(CC(C3)C1)C2. The second-order valence-corrected chi connectivity index (χ2v) is 9.60. The van der Waals surface area contributed by atoms with E-state index >= 15 is 0 Å². The van der Waals surface area contributed by atoms with Crippen molar-refractivity contribution in [1.29, 1.82) is 0 Å². The van der Waals surface area contributed by atoms with Crippen LogP contribution in [0, 0.1) is 23.2 Å². The molecule has 4 nitrogen and oxygen atoms in total. The van der Waals surface area contributed by atoms with Crippen LogP contribution in [-0.2, 0) is 11.3 Å². The number of aromatic nitrogens is 2. The number of carbonyl (C=O) groups is 1. The molecule has 2 aromatic heterocycles. The van der Waals surface area contributed by atoms with Crippen molar-refractivity contribution >= 4 is 17.2 Å². The van der Waals surface area contributed by atoms with Gasteiger partial charge in [0.2, 0.25) is 5.91 Å². The number of anilines is 1. The third-order valence-corrected chi connectivity index (χ3v) is 7.62. The Hall–Kier alpha value is -2.62. The molecular formula is C25H27N3O. The Balaban J connectivity index is 1.39. The summed E-state index contributed by atoms with van der Waals surface area (Å²) in [5.41, 5.74) is 2.84. The van der Waals surface area contributed by atoms with Crippen molar-refractivity contribution in [2.45, 2.75) is 45.1 Å². The monoisotopic (exact) mass is 385 g/mol. The van der Waals surface area contributed by atoms with E-state index in [1.54, 1.807) is 0 Å². The van der Waals surface area contributed by atoms with Gasteiger partial charge in [-0.15, -0.1) is 0 Å². The van der Waals surface area contributed by atoms with E-state index in [-0.39, 0.29) is 5.41 Å². The number of hydrogen-bond acceptors (Lipinski definition) is 2. The minimum absolute atomic E-state index is 0.148. The second kappa shape index (κ2) is 6.45. The minimum Gasteiger partial charge on any atom is -0.306 e. The maximum atomic E-state index is 14.2. The Bertz CT molecular complexity index is 1020. The van der Waals surface area contributed by atoms with Crippen LogP contribution in [0.25, 0.3) is 5.65 Å².